The zero-order valence-corrected chi connectivity index (χ0v) is 19.8. The van der Waals surface area contributed by atoms with Crippen molar-refractivity contribution in [3.05, 3.63) is 88.4 Å². The smallest absolute Gasteiger partial charge is 0.283 e. The molecule has 0 atom stereocenters. The summed E-state index contributed by atoms with van der Waals surface area (Å²) < 4.78 is 17.2. The van der Waals surface area contributed by atoms with Crippen LogP contribution in [0.5, 0.6) is 17.2 Å². The molecule has 0 unspecified atom stereocenters. The molecule has 3 aromatic carbocycles. The van der Waals surface area contributed by atoms with Gasteiger partial charge in [0, 0.05) is 10.6 Å². The molecule has 172 valence electrons. The summed E-state index contributed by atoms with van der Waals surface area (Å²) in [5.74, 6) is 1.68. The minimum Gasteiger partial charge on any atom is -0.496 e. The Balaban J connectivity index is 1.64. The number of benzene rings is 3. The summed E-state index contributed by atoms with van der Waals surface area (Å²) >= 11 is 5.89. The summed E-state index contributed by atoms with van der Waals surface area (Å²) in [5.41, 5.74) is 4.11. The first kappa shape index (κ1) is 24.1. The predicted molar refractivity (Wildman–Crippen MR) is 130 cm³/mol. The Kier molecular flexibility index (Phi) is 7.96. The monoisotopic (exact) mass is 466 g/mol. The van der Waals surface area contributed by atoms with Crippen LogP contribution in [-0.2, 0) is 11.4 Å². The molecule has 0 bridgehead atoms. The van der Waals surface area contributed by atoms with Crippen molar-refractivity contribution >= 4 is 23.7 Å². The SMILES string of the molecule is COc1ccc(/C=N/NC(=O)C(C)(C)Oc2ccc(Cl)cc2)cc1COc1ccccc1C. The third kappa shape index (κ3) is 6.73. The molecule has 7 heteroatoms. The number of nitrogens with zero attached hydrogens (tertiary/aromatic N) is 1. The number of nitrogens with one attached hydrogen (secondary N) is 1. The predicted octanol–water partition coefficient (Wildman–Crippen LogP) is 5.54. The summed E-state index contributed by atoms with van der Waals surface area (Å²) in [5, 5.41) is 4.68. The molecule has 0 aliphatic heterocycles. The van der Waals surface area contributed by atoms with E-state index < -0.39 is 5.60 Å². The van der Waals surface area contributed by atoms with Crippen molar-refractivity contribution in [2.24, 2.45) is 5.10 Å². The minimum absolute atomic E-state index is 0.337. The number of rotatable bonds is 9. The van der Waals surface area contributed by atoms with Crippen molar-refractivity contribution in [3.63, 3.8) is 0 Å². The molecular weight excluding hydrogens is 440 g/mol. The zero-order valence-electron chi connectivity index (χ0n) is 19.1. The Morgan fingerprint density at radius 1 is 1.06 bits per heavy atom. The lowest BCUT2D eigenvalue weighted by Gasteiger charge is -2.24. The standard InChI is InChI=1S/C26H27ClN2O4/c1-18-7-5-6-8-23(18)32-17-20-15-19(9-14-24(20)31-4)16-28-29-25(30)26(2,3)33-22-12-10-21(27)11-13-22/h5-16H,17H2,1-4H3,(H,29,30)/b28-16+. The van der Waals surface area contributed by atoms with Crippen molar-refractivity contribution in [1.82, 2.24) is 5.43 Å². The molecule has 0 saturated carbocycles. The van der Waals surface area contributed by atoms with Gasteiger partial charge in [-0.1, -0.05) is 29.8 Å². The van der Waals surface area contributed by atoms with Crippen LogP contribution in [-0.4, -0.2) is 24.8 Å². The fourth-order valence-corrected chi connectivity index (χ4v) is 3.14. The van der Waals surface area contributed by atoms with E-state index in [9.17, 15) is 4.79 Å². The number of hydrazone groups is 1. The number of hydrogen-bond acceptors (Lipinski definition) is 5. The van der Waals surface area contributed by atoms with Gasteiger partial charge in [-0.2, -0.15) is 5.10 Å². The molecule has 0 aliphatic carbocycles. The summed E-state index contributed by atoms with van der Waals surface area (Å²) in [6.45, 7) is 5.67. The molecule has 33 heavy (non-hydrogen) atoms. The highest BCUT2D eigenvalue weighted by molar-refractivity contribution is 6.30. The van der Waals surface area contributed by atoms with Gasteiger partial charge in [0.2, 0.25) is 0 Å². The number of ether oxygens (including phenoxy) is 3. The van der Waals surface area contributed by atoms with E-state index in [0.29, 0.717) is 23.1 Å². The molecule has 0 aliphatic rings. The lowest BCUT2D eigenvalue weighted by molar-refractivity contribution is -0.134. The van der Waals surface area contributed by atoms with E-state index in [1.54, 1.807) is 51.4 Å². The van der Waals surface area contributed by atoms with Gasteiger partial charge in [-0.05, 0) is 80.4 Å². The van der Waals surface area contributed by atoms with E-state index in [1.165, 1.54) is 0 Å². The van der Waals surface area contributed by atoms with Crippen molar-refractivity contribution in [2.75, 3.05) is 7.11 Å². The molecular formula is C26H27ClN2O4. The second-order valence-corrected chi connectivity index (χ2v) is 8.33. The van der Waals surface area contributed by atoms with Crippen molar-refractivity contribution in [2.45, 2.75) is 33.0 Å². The van der Waals surface area contributed by atoms with Gasteiger partial charge >= 0.3 is 0 Å². The van der Waals surface area contributed by atoms with Crippen molar-refractivity contribution < 1.29 is 19.0 Å². The van der Waals surface area contributed by atoms with Gasteiger partial charge in [0.25, 0.3) is 5.91 Å². The van der Waals surface area contributed by atoms with Gasteiger partial charge in [-0.15, -0.1) is 0 Å². The summed E-state index contributed by atoms with van der Waals surface area (Å²) in [6.07, 6.45) is 1.56. The first-order valence-electron chi connectivity index (χ1n) is 10.4. The van der Waals surface area contributed by atoms with Crippen LogP contribution >= 0.6 is 11.6 Å². The molecule has 0 fully saturated rings. The normalized spacial score (nSPS) is 11.3. The van der Waals surface area contributed by atoms with Crippen molar-refractivity contribution in [3.8, 4) is 17.2 Å². The third-order valence-corrected chi connectivity index (χ3v) is 5.15. The maximum Gasteiger partial charge on any atom is 0.283 e. The lowest BCUT2D eigenvalue weighted by atomic mass is 10.1. The molecule has 0 radical (unpaired) electrons. The van der Waals surface area contributed by atoms with Crippen LogP contribution in [0.1, 0.15) is 30.5 Å². The first-order chi connectivity index (χ1) is 15.8. The van der Waals surface area contributed by atoms with E-state index in [1.807, 2.05) is 49.4 Å². The summed E-state index contributed by atoms with van der Waals surface area (Å²) in [7, 11) is 1.61. The number of methoxy groups -OCH3 is 1. The van der Waals surface area contributed by atoms with Gasteiger partial charge < -0.3 is 14.2 Å². The average molecular weight is 467 g/mol. The highest BCUT2D eigenvalue weighted by Crippen LogP contribution is 2.24. The number of carbonyl (C=O) groups is 1. The van der Waals surface area contributed by atoms with Crippen molar-refractivity contribution in [1.29, 1.82) is 0 Å². The van der Waals surface area contributed by atoms with E-state index in [-0.39, 0.29) is 5.91 Å². The molecule has 1 N–H and O–H groups in total. The Morgan fingerprint density at radius 2 is 1.79 bits per heavy atom. The Labute approximate surface area is 199 Å². The van der Waals surface area contributed by atoms with Crippen LogP contribution in [0, 0.1) is 6.92 Å². The molecule has 0 heterocycles. The van der Waals surface area contributed by atoms with Crippen LogP contribution in [0.4, 0.5) is 0 Å². The molecule has 0 saturated heterocycles. The maximum absolute atomic E-state index is 12.6. The van der Waals surface area contributed by atoms with Gasteiger partial charge in [-0.3, -0.25) is 4.79 Å². The summed E-state index contributed by atoms with van der Waals surface area (Å²) in [4.78, 5) is 12.6. The van der Waals surface area contributed by atoms with E-state index in [0.717, 1.165) is 22.4 Å². The lowest BCUT2D eigenvalue weighted by Crippen LogP contribution is -2.44. The number of para-hydroxylation sites is 1. The molecule has 0 aromatic heterocycles. The number of aryl methyl sites for hydroxylation is 1. The van der Waals surface area contributed by atoms with Gasteiger partial charge in [0.05, 0.1) is 13.3 Å². The van der Waals surface area contributed by atoms with Crippen LogP contribution < -0.4 is 19.6 Å². The van der Waals surface area contributed by atoms with E-state index in [4.69, 9.17) is 25.8 Å². The molecule has 3 aromatic rings. The zero-order chi connectivity index (χ0) is 23.8. The van der Waals surface area contributed by atoms with Crippen LogP contribution in [0.2, 0.25) is 5.02 Å². The Bertz CT molecular complexity index is 1130. The van der Waals surface area contributed by atoms with Crippen LogP contribution in [0.15, 0.2) is 71.8 Å². The Hall–Kier alpha value is -3.51. The summed E-state index contributed by atoms with van der Waals surface area (Å²) in [6, 6.07) is 20.2. The topological polar surface area (TPSA) is 69.2 Å². The highest BCUT2D eigenvalue weighted by atomic mass is 35.5. The number of carbonyl (C=O) groups excluding carboxylic acids is 1. The van der Waals surface area contributed by atoms with E-state index >= 15 is 0 Å². The minimum atomic E-state index is -1.13. The number of hydrogen-bond donors (Lipinski definition) is 1. The fourth-order valence-electron chi connectivity index (χ4n) is 3.01. The molecule has 3 rings (SSSR count). The largest absolute Gasteiger partial charge is 0.496 e. The quantitative estimate of drug-likeness (QED) is 0.332. The van der Waals surface area contributed by atoms with Gasteiger partial charge in [-0.25, -0.2) is 5.43 Å². The van der Waals surface area contributed by atoms with Crippen LogP contribution in [0.25, 0.3) is 0 Å². The highest BCUT2D eigenvalue weighted by Gasteiger charge is 2.29. The van der Waals surface area contributed by atoms with E-state index in [2.05, 4.69) is 10.5 Å². The molecule has 6 nitrogen and oxygen atoms in total. The number of halogens is 1. The Morgan fingerprint density at radius 3 is 2.48 bits per heavy atom. The molecule has 1 amide bonds. The second-order valence-electron chi connectivity index (χ2n) is 7.89. The fraction of sp³-hybridized carbons (Fsp3) is 0.231. The third-order valence-electron chi connectivity index (χ3n) is 4.89. The average Bonchev–Trinajstić information content (AvgIpc) is 2.80. The van der Waals surface area contributed by atoms with Gasteiger partial charge in [0.1, 0.15) is 23.9 Å². The molecule has 0 spiro atoms. The van der Waals surface area contributed by atoms with Gasteiger partial charge in [0.15, 0.2) is 5.60 Å². The maximum atomic E-state index is 12.6. The first-order valence-corrected chi connectivity index (χ1v) is 10.8. The van der Waals surface area contributed by atoms with Crippen LogP contribution in [0.3, 0.4) is 0 Å². The number of amides is 1. The second kappa shape index (κ2) is 10.9.